The lowest BCUT2D eigenvalue weighted by molar-refractivity contribution is -0.115. The normalized spacial score (nSPS) is 10.9. The summed E-state index contributed by atoms with van der Waals surface area (Å²) in [5.74, 6) is 0.666. The molecule has 0 atom stereocenters. The first-order valence-corrected chi connectivity index (χ1v) is 10.5. The van der Waals surface area contributed by atoms with Crippen molar-refractivity contribution in [2.45, 2.75) is 20.8 Å². The summed E-state index contributed by atoms with van der Waals surface area (Å²) in [5, 5.41) is 2.35. The zero-order valence-electron chi connectivity index (χ0n) is 18.1. The van der Waals surface area contributed by atoms with Crippen LogP contribution in [0.3, 0.4) is 0 Å². The number of aryl methyl sites for hydroxylation is 2. The number of ketones is 1. The maximum absolute atomic E-state index is 12.7. The molecule has 0 spiro atoms. The molecule has 0 saturated carbocycles. The summed E-state index contributed by atoms with van der Waals surface area (Å²) in [5.41, 5.74) is 4.00. The third-order valence-corrected chi connectivity index (χ3v) is 5.69. The average Bonchev–Trinajstić information content (AvgIpc) is 3.22. The van der Waals surface area contributed by atoms with Gasteiger partial charge in [0.1, 0.15) is 11.5 Å². The van der Waals surface area contributed by atoms with Gasteiger partial charge in [0.25, 0.3) is 0 Å². The van der Waals surface area contributed by atoms with Crippen molar-refractivity contribution in [2.75, 3.05) is 19.1 Å². The number of rotatable bonds is 7. The van der Waals surface area contributed by atoms with Crippen LogP contribution in [0.5, 0.6) is 11.5 Å². The number of hydrogen-bond donors (Lipinski definition) is 0. The molecule has 31 heavy (non-hydrogen) atoms. The van der Waals surface area contributed by atoms with Gasteiger partial charge in [0.2, 0.25) is 5.91 Å². The van der Waals surface area contributed by atoms with E-state index in [9.17, 15) is 9.59 Å². The van der Waals surface area contributed by atoms with Crippen LogP contribution in [0.15, 0.2) is 47.9 Å². The van der Waals surface area contributed by atoms with Gasteiger partial charge in [-0.3, -0.25) is 14.5 Å². The Bertz CT molecular complexity index is 1150. The Morgan fingerprint density at radius 3 is 2.45 bits per heavy atom. The first-order chi connectivity index (χ1) is 14.8. The molecule has 0 unspecified atom stereocenters. The van der Waals surface area contributed by atoms with Gasteiger partial charge in [0.05, 0.1) is 31.2 Å². The highest BCUT2D eigenvalue weighted by Crippen LogP contribution is 2.31. The minimum atomic E-state index is -0.233. The van der Waals surface area contributed by atoms with Crippen molar-refractivity contribution in [1.29, 1.82) is 0 Å². The Kier molecular flexibility index (Phi) is 6.87. The van der Waals surface area contributed by atoms with E-state index in [0.717, 1.165) is 16.8 Å². The molecule has 3 aromatic rings. The number of aromatic nitrogens is 1. The highest BCUT2D eigenvalue weighted by Gasteiger charge is 2.18. The van der Waals surface area contributed by atoms with Gasteiger partial charge in [-0.15, -0.1) is 11.3 Å². The SMILES string of the molecule is COc1ccc(OC)c(C(=O)C=Cc2csc(N(C(C)=O)c3ccc(C)c(C)c3)n2)c1. The summed E-state index contributed by atoms with van der Waals surface area (Å²) < 4.78 is 10.5. The van der Waals surface area contributed by atoms with E-state index in [1.165, 1.54) is 31.4 Å². The number of thiazole rings is 1. The van der Waals surface area contributed by atoms with Crippen LogP contribution < -0.4 is 14.4 Å². The fourth-order valence-corrected chi connectivity index (χ4v) is 3.86. The number of allylic oxidation sites excluding steroid dienone is 1. The predicted octanol–water partition coefficient (Wildman–Crippen LogP) is 5.36. The summed E-state index contributed by atoms with van der Waals surface area (Å²) in [6.07, 6.45) is 3.06. The molecular formula is C24H24N2O4S. The minimum Gasteiger partial charge on any atom is -0.497 e. The van der Waals surface area contributed by atoms with E-state index in [-0.39, 0.29) is 11.7 Å². The van der Waals surface area contributed by atoms with Crippen LogP contribution in [-0.4, -0.2) is 30.9 Å². The average molecular weight is 437 g/mol. The molecule has 2 aromatic carbocycles. The number of benzene rings is 2. The molecular weight excluding hydrogens is 412 g/mol. The van der Waals surface area contributed by atoms with Crippen molar-refractivity contribution < 1.29 is 19.1 Å². The van der Waals surface area contributed by atoms with Crippen LogP contribution in [0.4, 0.5) is 10.8 Å². The summed E-state index contributed by atoms with van der Waals surface area (Å²) in [4.78, 5) is 31.1. The lowest BCUT2D eigenvalue weighted by Crippen LogP contribution is -2.22. The fourth-order valence-electron chi connectivity index (χ4n) is 3.00. The molecule has 1 aromatic heterocycles. The van der Waals surface area contributed by atoms with E-state index in [1.54, 1.807) is 41.7 Å². The van der Waals surface area contributed by atoms with Crippen molar-refractivity contribution >= 4 is 39.9 Å². The largest absolute Gasteiger partial charge is 0.497 e. The number of methoxy groups -OCH3 is 2. The Morgan fingerprint density at radius 2 is 1.81 bits per heavy atom. The highest BCUT2D eigenvalue weighted by molar-refractivity contribution is 7.14. The highest BCUT2D eigenvalue weighted by atomic mass is 32.1. The van der Waals surface area contributed by atoms with Crippen molar-refractivity contribution in [3.63, 3.8) is 0 Å². The number of nitrogens with zero attached hydrogens (tertiary/aromatic N) is 2. The molecule has 0 radical (unpaired) electrons. The zero-order chi connectivity index (χ0) is 22.5. The van der Waals surface area contributed by atoms with Crippen LogP contribution in [0, 0.1) is 13.8 Å². The third-order valence-electron chi connectivity index (χ3n) is 4.84. The van der Waals surface area contributed by atoms with Crippen LogP contribution in [-0.2, 0) is 4.79 Å². The van der Waals surface area contributed by atoms with E-state index in [4.69, 9.17) is 9.47 Å². The molecule has 160 valence electrons. The maximum Gasteiger partial charge on any atom is 0.230 e. The zero-order valence-corrected chi connectivity index (χ0v) is 18.9. The van der Waals surface area contributed by atoms with Crippen LogP contribution >= 0.6 is 11.3 Å². The second kappa shape index (κ2) is 9.57. The van der Waals surface area contributed by atoms with E-state index >= 15 is 0 Å². The summed E-state index contributed by atoms with van der Waals surface area (Å²) in [6.45, 7) is 5.54. The molecule has 1 heterocycles. The van der Waals surface area contributed by atoms with Gasteiger partial charge in [0.15, 0.2) is 10.9 Å². The summed E-state index contributed by atoms with van der Waals surface area (Å²) in [7, 11) is 3.05. The summed E-state index contributed by atoms with van der Waals surface area (Å²) >= 11 is 1.34. The van der Waals surface area contributed by atoms with Gasteiger partial charge in [-0.05, 0) is 67.5 Å². The Morgan fingerprint density at radius 1 is 1.03 bits per heavy atom. The molecule has 0 aliphatic heterocycles. The molecule has 0 fully saturated rings. The van der Waals surface area contributed by atoms with E-state index < -0.39 is 0 Å². The number of anilines is 2. The smallest absolute Gasteiger partial charge is 0.230 e. The monoisotopic (exact) mass is 436 g/mol. The summed E-state index contributed by atoms with van der Waals surface area (Å²) in [6, 6.07) is 10.9. The second-order valence-electron chi connectivity index (χ2n) is 6.94. The van der Waals surface area contributed by atoms with Gasteiger partial charge in [-0.2, -0.15) is 0 Å². The van der Waals surface area contributed by atoms with E-state index in [0.29, 0.717) is 27.9 Å². The first kappa shape index (κ1) is 22.2. The van der Waals surface area contributed by atoms with Gasteiger partial charge >= 0.3 is 0 Å². The topological polar surface area (TPSA) is 68.7 Å². The molecule has 0 bridgehead atoms. The van der Waals surface area contributed by atoms with Crippen LogP contribution in [0.25, 0.3) is 6.08 Å². The van der Waals surface area contributed by atoms with Crippen molar-refractivity contribution in [3.05, 3.63) is 70.2 Å². The number of carbonyl (C=O) groups excluding carboxylic acids is 2. The van der Waals surface area contributed by atoms with Crippen molar-refractivity contribution in [1.82, 2.24) is 4.98 Å². The third kappa shape index (κ3) is 5.00. The second-order valence-corrected chi connectivity index (χ2v) is 7.78. The quantitative estimate of drug-likeness (QED) is 0.368. The van der Waals surface area contributed by atoms with E-state index in [2.05, 4.69) is 4.98 Å². The molecule has 6 nitrogen and oxygen atoms in total. The lowest BCUT2D eigenvalue weighted by Gasteiger charge is -2.19. The van der Waals surface area contributed by atoms with Gasteiger partial charge < -0.3 is 9.47 Å². The fraction of sp³-hybridized carbons (Fsp3) is 0.208. The maximum atomic E-state index is 12.7. The molecule has 0 aliphatic rings. The Hall–Kier alpha value is -3.45. The lowest BCUT2D eigenvalue weighted by atomic mass is 10.1. The van der Waals surface area contributed by atoms with Crippen LogP contribution in [0.2, 0.25) is 0 Å². The van der Waals surface area contributed by atoms with Gasteiger partial charge in [-0.25, -0.2) is 4.98 Å². The van der Waals surface area contributed by atoms with E-state index in [1.807, 2.05) is 32.0 Å². The number of hydrogen-bond acceptors (Lipinski definition) is 6. The standard InChI is InChI=1S/C24H24N2O4S/c1-15-6-8-19(12-16(15)2)26(17(3)27)24-25-18(14-31-24)7-10-22(28)21-13-20(29-4)9-11-23(21)30-5/h6-14H,1-5H3. The number of amides is 1. The molecule has 1 amide bonds. The van der Waals surface area contributed by atoms with Gasteiger partial charge in [-0.1, -0.05) is 6.07 Å². The molecule has 0 aliphatic carbocycles. The molecule has 7 heteroatoms. The van der Waals surface area contributed by atoms with Crippen molar-refractivity contribution in [2.24, 2.45) is 0 Å². The Balaban J connectivity index is 1.86. The van der Waals surface area contributed by atoms with Crippen LogP contribution in [0.1, 0.15) is 34.1 Å². The Labute approximate surface area is 185 Å². The van der Waals surface area contributed by atoms with Crippen molar-refractivity contribution in [3.8, 4) is 11.5 Å². The molecule has 3 rings (SSSR count). The first-order valence-electron chi connectivity index (χ1n) is 9.62. The predicted molar refractivity (Wildman–Crippen MR) is 124 cm³/mol. The number of carbonyl (C=O) groups is 2. The minimum absolute atomic E-state index is 0.134. The molecule has 0 N–H and O–H groups in total. The van der Waals surface area contributed by atoms with Gasteiger partial charge in [0, 0.05) is 12.3 Å². The molecule has 0 saturated heterocycles. The number of ether oxygens (including phenoxy) is 2.